The van der Waals surface area contributed by atoms with Crippen LogP contribution in [0.3, 0.4) is 0 Å². The fourth-order valence-corrected chi connectivity index (χ4v) is 4.24. The Hall–Kier alpha value is -3.59. The predicted octanol–water partition coefficient (Wildman–Crippen LogP) is 6.85. The normalized spacial score (nSPS) is 17.5. The first kappa shape index (κ1) is 28.0. The van der Waals surface area contributed by atoms with Gasteiger partial charge in [-0.25, -0.2) is 4.98 Å². The van der Waals surface area contributed by atoms with Crippen molar-refractivity contribution in [2.75, 3.05) is 23.3 Å². The summed E-state index contributed by atoms with van der Waals surface area (Å²) in [5.74, 6) is 0.218. The van der Waals surface area contributed by atoms with E-state index in [1.807, 2.05) is 45.9 Å². The maximum Gasteiger partial charge on any atom is 0.573 e. The zero-order valence-electron chi connectivity index (χ0n) is 21.6. The van der Waals surface area contributed by atoms with Crippen LogP contribution in [0.4, 0.5) is 24.7 Å². The van der Waals surface area contributed by atoms with Crippen LogP contribution in [0.5, 0.6) is 5.75 Å². The molecular formula is C28H32F3N3O3. The number of benzene rings is 2. The number of hydrogen-bond acceptors (Lipinski definition) is 5. The number of aromatic nitrogens is 1. The molecule has 0 saturated carbocycles. The van der Waals surface area contributed by atoms with E-state index in [9.17, 15) is 18.0 Å². The van der Waals surface area contributed by atoms with Crippen molar-refractivity contribution in [2.24, 2.45) is 0 Å². The molecule has 2 unspecified atom stereocenters. The van der Waals surface area contributed by atoms with Crippen molar-refractivity contribution in [3.8, 4) is 16.9 Å². The van der Waals surface area contributed by atoms with E-state index < -0.39 is 6.36 Å². The average molecular weight is 516 g/mol. The number of alkyl halides is 3. The van der Waals surface area contributed by atoms with E-state index in [0.29, 0.717) is 22.4 Å². The Morgan fingerprint density at radius 3 is 2.24 bits per heavy atom. The Bertz CT molecular complexity index is 1170. The largest absolute Gasteiger partial charge is 0.573 e. The summed E-state index contributed by atoms with van der Waals surface area (Å²) >= 11 is 0. The number of amides is 1. The van der Waals surface area contributed by atoms with Crippen molar-refractivity contribution in [1.82, 2.24) is 4.98 Å². The molecular weight excluding hydrogens is 483 g/mol. The molecule has 2 aromatic carbocycles. The summed E-state index contributed by atoms with van der Waals surface area (Å²) in [6.07, 6.45) is -2.90. The second kappa shape index (κ2) is 12.1. The lowest BCUT2D eigenvalue weighted by Gasteiger charge is -2.36. The lowest BCUT2D eigenvalue weighted by molar-refractivity contribution is -0.274. The van der Waals surface area contributed by atoms with Gasteiger partial charge < -0.3 is 19.7 Å². The second-order valence-electron chi connectivity index (χ2n) is 8.57. The summed E-state index contributed by atoms with van der Waals surface area (Å²) in [4.78, 5) is 19.6. The molecule has 2 atom stereocenters. The number of hydrogen-bond donors (Lipinski definition) is 1. The Kier molecular flexibility index (Phi) is 9.15. The molecule has 6 nitrogen and oxygen atoms in total. The van der Waals surface area contributed by atoms with E-state index in [0.717, 1.165) is 24.5 Å². The van der Waals surface area contributed by atoms with Crippen LogP contribution in [0.15, 0.2) is 60.8 Å². The number of carbonyl (C=O) groups is 1. The number of ether oxygens (including phenoxy) is 2. The van der Waals surface area contributed by atoms with Gasteiger partial charge in [0.15, 0.2) is 0 Å². The molecule has 1 amide bonds. The zero-order valence-corrected chi connectivity index (χ0v) is 21.6. The molecule has 0 bridgehead atoms. The predicted molar refractivity (Wildman–Crippen MR) is 139 cm³/mol. The Balaban J connectivity index is 0.00000186. The van der Waals surface area contributed by atoms with Crippen LogP contribution in [0.2, 0.25) is 0 Å². The van der Waals surface area contributed by atoms with E-state index in [2.05, 4.69) is 19.9 Å². The van der Waals surface area contributed by atoms with Crippen molar-refractivity contribution in [3.63, 3.8) is 0 Å². The lowest BCUT2D eigenvalue weighted by Crippen LogP contribution is -2.45. The molecule has 4 rings (SSSR count). The molecule has 198 valence electrons. The lowest BCUT2D eigenvalue weighted by atomic mass is 9.96. The highest BCUT2D eigenvalue weighted by Crippen LogP contribution is 2.30. The molecule has 9 heteroatoms. The zero-order chi connectivity index (χ0) is 27.2. The molecule has 1 aromatic heterocycles. The third-order valence-electron chi connectivity index (χ3n) is 5.73. The third-order valence-corrected chi connectivity index (χ3v) is 5.73. The molecule has 0 aliphatic carbocycles. The van der Waals surface area contributed by atoms with Crippen LogP contribution in [0.1, 0.15) is 43.6 Å². The maximum atomic E-state index is 13.0. The third kappa shape index (κ3) is 7.45. The van der Waals surface area contributed by atoms with Gasteiger partial charge in [-0.3, -0.25) is 4.79 Å². The molecule has 1 N–H and O–H groups in total. The van der Waals surface area contributed by atoms with Gasteiger partial charge in [-0.15, -0.1) is 13.2 Å². The van der Waals surface area contributed by atoms with Gasteiger partial charge >= 0.3 is 6.36 Å². The Morgan fingerprint density at radius 2 is 1.68 bits per heavy atom. The summed E-state index contributed by atoms with van der Waals surface area (Å²) in [5.41, 5.74) is 3.13. The van der Waals surface area contributed by atoms with Gasteiger partial charge in [0.25, 0.3) is 5.91 Å². The molecule has 0 radical (unpaired) electrons. The fraction of sp³-hybridized carbons (Fsp3) is 0.357. The summed E-state index contributed by atoms with van der Waals surface area (Å²) in [6.45, 7) is 11.3. The fourth-order valence-electron chi connectivity index (χ4n) is 4.24. The van der Waals surface area contributed by atoms with Gasteiger partial charge in [0.1, 0.15) is 11.6 Å². The highest BCUT2D eigenvalue weighted by molar-refractivity contribution is 6.06. The van der Waals surface area contributed by atoms with E-state index in [4.69, 9.17) is 4.74 Å². The highest BCUT2D eigenvalue weighted by atomic mass is 19.4. The summed E-state index contributed by atoms with van der Waals surface area (Å²) < 4.78 is 46.9. The van der Waals surface area contributed by atoms with Crippen LogP contribution >= 0.6 is 0 Å². The molecule has 1 aliphatic rings. The van der Waals surface area contributed by atoms with Gasteiger partial charge in [0.05, 0.1) is 24.1 Å². The van der Waals surface area contributed by atoms with Gasteiger partial charge in [0.2, 0.25) is 0 Å². The number of anilines is 2. The first-order valence-corrected chi connectivity index (χ1v) is 12.2. The number of rotatable bonds is 5. The number of morpholine rings is 1. The number of carbonyl (C=O) groups excluding carboxylic acids is 1. The van der Waals surface area contributed by atoms with E-state index in [1.54, 1.807) is 25.3 Å². The smallest absolute Gasteiger partial charge is 0.406 e. The van der Waals surface area contributed by atoms with E-state index in [1.165, 1.54) is 24.3 Å². The molecule has 37 heavy (non-hydrogen) atoms. The van der Waals surface area contributed by atoms with Crippen molar-refractivity contribution in [3.05, 3.63) is 71.9 Å². The number of pyridine rings is 1. The first-order valence-electron chi connectivity index (χ1n) is 12.2. The standard InChI is InChI=1S/C26H26F3N3O3.C2H6/c1-16-14-32(15-17(2)34-16)24-12-9-20(13-30-24)31-25(33)23-6-4-5-22(18(23)3)19-7-10-21(11-8-19)35-26(27,28)29;1-2/h4-13,16-17H,14-15H2,1-3H3,(H,31,33);1-2H3. The molecule has 1 fully saturated rings. The van der Waals surface area contributed by atoms with Crippen LogP contribution < -0.4 is 15.0 Å². The minimum absolute atomic E-state index is 0.114. The van der Waals surface area contributed by atoms with Crippen molar-refractivity contribution >= 4 is 17.4 Å². The Morgan fingerprint density at radius 1 is 1.03 bits per heavy atom. The summed E-state index contributed by atoms with van der Waals surface area (Å²) in [5, 5.41) is 2.87. The van der Waals surface area contributed by atoms with E-state index >= 15 is 0 Å². The van der Waals surface area contributed by atoms with Gasteiger partial charge in [-0.2, -0.15) is 0 Å². The van der Waals surface area contributed by atoms with Crippen molar-refractivity contribution < 1.29 is 27.4 Å². The van der Waals surface area contributed by atoms with Crippen LogP contribution in [0.25, 0.3) is 11.1 Å². The maximum absolute atomic E-state index is 13.0. The van der Waals surface area contributed by atoms with Crippen LogP contribution in [-0.2, 0) is 4.74 Å². The second-order valence-corrected chi connectivity index (χ2v) is 8.57. The van der Waals surface area contributed by atoms with Gasteiger partial charge in [0, 0.05) is 18.7 Å². The Labute approximate surface area is 215 Å². The minimum Gasteiger partial charge on any atom is -0.406 e. The first-order chi connectivity index (χ1) is 17.6. The average Bonchev–Trinajstić information content (AvgIpc) is 2.85. The van der Waals surface area contributed by atoms with Crippen LogP contribution in [0, 0.1) is 6.92 Å². The summed E-state index contributed by atoms with van der Waals surface area (Å²) in [6, 6.07) is 14.5. The number of nitrogens with one attached hydrogen (secondary N) is 1. The van der Waals surface area contributed by atoms with Crippen LogP contribution in [-0.4, -0.2) is 42.6 Å². The minimum atomic E-state index is -4.75. The molecule has 1 aliphatic heterocycles. The number of halogens is 3. The quantitative estimate of drug-likeness (QED) is 0.403. The molecule has 1 saturated heterocycles. The van der Waals surface area contributed by atoms with E-state index in [-0.39, 0.29) is 23.9 Å². The highest BCUT2D eigenvalue weighted by Gasteiger charge is 2.31. The number of nitrogens with zero attached hydrogens (tertiary/aromatic N) is 2. The summed E-state index contributed by atoms with van der Waals surface area (Å²) in [7, 11) is 0. The molecule has 2 heterocycles. The van der Waals surface area contributed by atoms with Crippen molar-refractivity contribution in [2.45, 2.75) is 53.2 Å². The SMILES string of the molecule is CC.Cc1c(C(=O)Nc2ccc(N3CC(C)OC(C)C3)nc2)cccc1-c1ccc(OC(F)(F)F)cc1. The van der Waals surface area contributed by atoms with Gasteiger partial charge in [-0.1, -0.05) is 38.1 Å². The topological polar surface area (TPSA) is 63.7 Å². The van der Waals surface area contributed by atoms with Crippen molar-refractivity contribution in [1.29, 1.82) is 0 Å². The van der Waals surface area contributed by atoms with Gasteiger partial charge in [-0.05, 0) is 67.8 Å². The molecule has 0 spiro atoms. The monoisotopic (exact) mass is 515 g/mol. The molecule has 3 aromatic rings.